The maximum absolute atomic E-state index is 12.2. The van der Waals surface area contributed by atoms with Crippen molar-refractivity contribution in [2.75, 3.05) is 0 Å². The average molecular weight is 245 g/mol. The van der Waals surface area contributed by atoms with Crippen molar-refractivity contribution in [3.05, 3.63) is 40.8 Å². The molecule has 0 saturated carbocycles. The van der Waals surface area contributed by atoms with Crippen LogP contribution in [0.15, 0.2) is 34.1 Å². The lowest BCUT2D eigenvalue weighted by Gasteiger charge is -2.04. The van der Waals surface area contributed by atoms with Gasteiger partial charge in [0.15, 0.2) is 0 Å². The summed E-state index contributed by atoms with van der Waals surface area (Å²) in [5, 5.41) is 8.26. The first-order valence-electron chi connectivity index (χ1n) is 5.54. The van der Waals surface area contributed by atoms with Crippen LogP contribution < -0.4 is 5.56 Å². The Morgan fingerprint density at radius 1 is 1.39 bits per heavy atom. The highest BCUT2D eigenvalue weighted by Crippen LogP contribution is 2.09. The molecule has 0 aromatic carbocycles. The molecule has 0 atom stereocenters. The number of nitrogens with zero attached hydrogens (tertiary/aromatic N) is 5. The van der Waals surface area contributed by atoms with Crippen LogP contribution in [0.5, 0.6) is 0 Å². The Morgan fingerprint density at radius 3 is 3.06 bits per heavy atom. The molecular formula is C11H11N5O2. The fourth-order valence-electron chi connectivity index (χ4n) is 1.81. The van der Waals surface area contributed by atoms with Gasteiger partial charge in [-0.05, 0) is 13.0 Å². The lowest BCUT2D eigenvalue weighted by atomic mass is 10.3. The molecular weight excluding hydrogens is 234 g/mol. The summed E-state index contributed by atoms with van der Waals surface area (Å²) in [6.45, 7) is 2.85. The number of aryl methyl sites for hydroxylation is 3. The van der Waals surface area contributed by atoms with E-state index in [9.17, 15) is 4.79 Å². The predicted octanol–water partition coefficient (Wildman–Crippen LogP) is 0.590. The van der Waals surface area contributed by atoms with Crippen LogP contribution >= 0.6 is 0 Å². The molecule has 0 bridgehead atoms. The molecule has 0 unspecified atom stereocenters. The number of hydrogen-bond acceptors (Lipinski definition) is 5. The van der Waals surface area contributed by atoms with E-state index in [2.05, 4.69) is 15.2 Å². The van der Waals surface area contributed by atoms with Crippen molar-refractivity contribution in [2.24, 2.45) is 0 Å². The van der Waals surface area contributed by atoms with Crippen LogP contribution in [0.2, 0.25) is 0 Å². The molecule has 0 saturated heterocycles. The van der Waals surface area contributed by atoms with Crippen molar-refractivity contribution in [1.82, 2.24) is 24.5 Å². The zero-order chi connectivity index (χ0) is 12.5. The summed E-state index contributed by atoms with van der Waals surface area (Å²) >= 11 is 0. The second-order valence-electron chi connectivity index (χ2n) is 3.96. The fraction of sp³-hybridized carbons (Fsp3) is 0.273. The number of fused-ring (bicyclic) bond motifs is 1. The van der Waals surface area contributed by atoms with Gasteiger partial charge in [-0.3, -0.25) is 14.0 Å². The molecule has 0 radical (unpaired) electrons. The van der Waals surface area contributed by atoms with Gasteiger partial charge in [0, 0.05) is 18.9 Å². The van der Waals surface area contributed by atoms with Gasteiger partial charge < -0.3 is 4.52 Å². The summed E-state index contributed by atoms with van der Waals surface area (Å²) in [4.78, 5) is 16.2. The zero-order valence-electron chi connectivity index (χ0n) is 9.78. The maximum atomic E-state index is 12.2. The van der Waals surface area contributed by atoms with Gasteiger partial charge in [-0.15, -0.1) is 0 Å². The van der Waals surface area contributed by atoms with Crippen LogP contribution in [0.1, 0.15) is 5.69 Å². The van der Waals surface area contributed by atoms with Gasteiger partial charge in [-0.25, -0.2) is 4.98 Å². The van der Waals surface area contributed by atoms with Gasteiger partial charge in [0.1, 0.15) is 11.7 Å². The molecule has 0 N–H and O–H groups in total. The highest BCUT2D eigenvalue weighted by Gasteiger charge is 2.11. The molecule has 0 aliphatic heterocycles. The zero-order valence-corrected chi connectivity index (χ0v) is 9.78. The van der Waals surface area contributed by atoms with E-state index in [0.29, 0.717) is 24.2 Å². The first-order chi connectivity index (χ1) is 8.75. The SMILES string of the molecule is Cc1noc2ncn(CCn3cccn3)c(=O)c12. The molecule has 7 nitrogen and oxygen atoms in total. The molecule has 3 aromatic rings. The highest BCUT2D eigenvalue weighted by atomic mass is 16.5. The first kappa shape index (κ1) is 10.7. The molecule has 3 rings (SSSR count). The third-order valence-corrected chi connectivity index (χ3v) is 2.76. The van der Waals surface area contributed by atoms with Crippen LogP contribution in [0.3, 0.4) is 0 Å². The second kappa shape index (κ2) is 4.10. The van der Waals surface area contributed by atoms with Crippen molar-refractivity contribution < 1.29 is 4.52 Å². The Kier molecular flexibility index (Phi) is 2.44. The van der Waals surface area contributed by atoms with Crippen LogP contribution in [0.4, 0.5) is 0 Å². The highest BCUT2D eigenvalue weighted by molar-refractivity contribution is 5.73. The van der Waals surface area contributed by atoms with E-state index < -0.39 is 0 Å². The average Bonchev–Trinajstić information content (AvgIpc) is 2.99. The number of rotatable bonds is 3. The van der Waals surface area contributed by atoms with E-state index in [4.69, 9.17) is 4.52 Å². The Labute approximate surface area is 102 Å². The first-order valence-corrected chi connectivity index (χ1v) is 5.54. The van der Waals surface area contributed by atoms with Crippen LogP contribution in [0, 0.1) is 6.92 Å². The van der Waals surface area contributed by atoms with Gasteiger partial charge in [-0.1, -0.05) is 5.16 Å². The van der Waals surface area contributed by atoms with Crippen molar-refractivity contribution in [3.8, 4) is 0 Å². The maximum Gasteiger partial charge on any atom is 0.266 e. The van der Waals surface area contributed by atoms with E-state index in [1.54, 1.807) is 17.8 Å². The lowest BCUT2D eigenvalue weighted by Crippen LogP contribution is -2.23. The van der Waals surface area contributed by atoms with E-state index >= 15 is 0 Å². The molecule has 0 spiro atoms. The van der Waals surface area contributed by atoms with Gasteiger partial charge in [0.05, 0.1) is 12.2 Å². The Morgan fingerprint density at radius 2 is 2.28 bits per heavy atom. The molecule has 3 heterocycles. The molecule has 3 aromatic heterocycles. The van der Waals surface area contributed by atoms with E-state index in [0.717, 1.165) is 0 Å². The minimum absolute atomic E-state index is 0.133. The fourth-order valence-corrected chi connectivity index (χ4v) is 1.81. The molecule has 18 heavy (non-hydrogen) atoms. The minimum Gasteiger partial charge on any atom is -0.335 e. The summed E-state index contributed by atoms with van der Waals surface area (Å²) in [5.74, 6) is 0. The summed E-state index contributed by atoms with van der Waals surface area (Å²) in [6, 6.07) is 1.84. The van der Waals surface area contributed by atoms with Crippen molar-refractivity contribution in [2.45, 2.75) is 20.0 Å². The molecule has 92 valence electrons. The molecule has 0 fully saturated rings. The van der Waals surface area contributed by atoms with Crippen molar-refractivity contribution >= 4 is 11.1 Å². The summed E-state index contributed by atoms with van der Waals surface area (Å²) in [5.41, 5.74) is 0.717. The van der Waals surface area contributed by atoms with Crippen LogP contribution in [-0.2, 0) is 13.1 Å². The van der Waals surface area contributed by atoms with Gasteiger partial charge >= 0.3 is 0 Å². The number of hydrogen-bond donors (Lipinski definition) is 0. The summed E-state index contributed by atoms with van der Waals surface area (Å²) in [7, 11) is 0. The van der Waals surface area contributed by atoms with Gasteiger partial charge in [0.2, 0.25) is 0 Å². The predicted molar refractivity (Wildman–Crippen MR) is 63.0 cm³/mol. The standard InChI is InChI=1S/C11H11N5O2/c1-8-9-10(18-14-8)12-7-15(11(9)17)5-6-16-4-2-3-13-16/h2-4,7H,5-6H2,1H3. The van der Waals surface area contributed by atoms with Gasteiger partial charge in [-0.2, -0.15) is 5.10 Å². The Balaban J connectivity index is 1.95. The minimum atomic E-state index is -0.133. The van der Waals surface area contributed by atoms with E-state index in [1.807, 2.05) is 12.3 Å². The van der Waals surface area contributed by atoms with Crippen molar-refractivity contribution in [1.29, 1.82) is 0 Å². The van der Waals surface area contributed by atoms with E-state index in [-0.39, 0.29) is 11.3 Å². The smallest absolute Gasteiger partial charge is 0.266 e. The normalized spacial score (nSPS) is 11.2. The largest absolute Gasteiger partial charge is 0.335 e. The number of aromatic nitrogens is 5. The van der Waals surface area contributed by atoms with Gasteiger partial charge in [0.25, 0.3) is 11.3 Å². The molecule has 0 aliphatic carbocycles. The topological polar surface area (TPSA) is 78.7 Å². The Bertz CT molecular complexity index is 726. The Hall–Kier alpha value is -2.44. The quantitative estimate of drug-likeness (QED) is 0.674. The molecule has 0 aliphatic rings. The summed E-state index contributed by atoms with van der Waals surface area (Å²) < 4.78 is 8.24. The summed E-state index contributed by atoms with van der Waals surface area (Å²) in [6.07, 6.45) is 5.02. The molecule has 0 amide bonds. The van der Waals surface area contributed by atoms with E-state index in [1.165, 1.54) is 10.9 Å². The third kappa shape index (κ3) is 1.69. The van der Waals surface area contributed by atoms with Crippen LogP contribution in [0.25, 0.3) is 11.1 Å². The third-order valence-electron chi connectivity index (χ3n) is 2.76. The van der Waals surface area contributed by atoms with Crippen molar-refractivity contribution in [3.63, 3.8) is 0 Å². The van der Waals surface area contributed by atoms with Crippen LogP contribution in [-0.4, -0.2) is 24.5 Å². The molecule has 7 heteroatoms. The second-order valence-corrected chi connectivity index (χ2v) is 3.96. The monoisotopic (exact) mass is 245 g/mol. The lowest BCUT2D eigenvalue weighted by molar-refractivity contribution is 0.441.